The van der Waals surface area contributed by atoms with Crippen LogP contribution >= 0.6 is 0 Å². The monoisotopic (exact) mass is 398 g/mol. The van der Waals surface area contributed by atoms with Gasteiger partial charge in [0, 0.05) is 51.6 Å². The van der Waals surface area contributed by atoms with Crippen molar-refractivity contribution in [3.05, 3.63) is 30.7 Å². The number of aromatic nitrogens is 4. The Hall–Kier alpha value is -2.91. The van der Waals surface area contributed by atoms with Crippen molar-refractivity contribution < 1.29 is 14.2 Å². The molecule has 0 N–H and O–H groups in total. The van der Waals surface area contributed by atoms with Crippen LogP contribution in [0.4, 0.5) is 5.82 Å². The van der Waals surface area contributed by atoms with Gasteiger partial charge in [-0.2, -0.15) is 14.6 Å². The van der Waals surface area contributed by atoms with Gasteiger partial charge in [-0.25, -0.2) is 4.98 Å². The summed E-state index contributed by atoms with van der Waals surface area (Å²) in [5.41, 5.74) is 1.97. The molecule has 1 fully saturated rings. The fraction of sp³-hybridized carbons (Fsp3) is 0.450. The Labute approximate surface area is 169 Å². The van der Waals surface area contributed by atoms with Crippen LogP contribution in [0.1, 0.15) is 0 Å². The van der Waals surface area contributed by atoms with Crippen LogP contribution in [-0.4, -0.2) is 85.1 Å². The summed E-state index contributed by atoms with van der Waals surface area (Å²) in [5.74, 6) is 2.95. The van der Waals surface area contributed by atoms with Crippen molar-refractivity contribution in [3.63, 3.8) is 0 Å². The molecule has 0 unspecified atom stereocenters. The summed E-state index contributed by atoms with van der Waals surface area (Å²) in [4.78, 5) is 13.5. The zero-order valence-corrected chi connectivity index (χ0v) is 17.0. The summed E-state index contributed by atoms with van der Waals surface area (Å²) >= 11 is 0. The number of piperazine rings is 1. The Kier molecular flexibility index (Phi) is 5.77. The van der Waals surface area contributed by atoms with Crippen molar-refractivity contribution in [2.24, 2.45) is 0 Å². The first-order chi connectivity index (χ1) is 14.2. The molecule has 0 aliphatic carbocycles. The number of fused-ring (bicyclic) bond motifs is 1. The minimum Gasteiger partial charge on any atom is -0.493 e. The van der Waals surface area contributed by atoms with Gasteiger partial charge in [-0.15, -0.1) is 0 Å². The van der Waals surface area contributed by atoms with Crippen LogP contribution < -0.4 is 14.4 Å². The van der Waals surface area contributed by atoms with E-state index in [-0.39, 0.29) is 0 Å². The Morgan fingerprint density at radius 3 is 2.48 bits per heavy atom. The maximum absolute atomic E-state index is 5.50. The number of ether oxygens (including phenoxy) is 3. The van der Waals surface area contributed by atoms with E-state index in [1.807, 2.05) is 28.9 Å². The first-order valence-corrected chi connectivity index (χ1v) is 9.62. The Bertz CT molecular complexity index is 968. The van der Waals surface area contributed by atoms with Gasteiger partial charge in [0.15, 0.2) is 11.5 Å². The highest BCUT2D eigenvalue weighted by atomic mass is 16.5. The van der Waals surface area contributed by atoms with Crippen LogP contribution in [-0.2, 0) is 4.74 Å². The van der Waals surface area contributed by atoms with Gasteiger partial charge in [0.25, 0.3) is 5.78 Å². The summed E-state index contributed by atoms with van der Waals surface area (Å²) in [5, 5.41) is 4.44. The number of methoxy groups -OCH3 is 3. The number of benzene rings is 1. The van der Waals surface area contributed by atoms with Gasteiger partial charge < -0.3 is 19.1 Å². The molecule has 0 saturated carbocycles. The maximum Gasteiger partial charge on any atom is 0.254 e. The minimum absolute atomic E-state index is 0.589. The summed E-state index contributed by atoms with van der Waals surface area (Å²) < 4.78 is 17.9. The lowest BCUT2D eigenvalue weighted by atomic mass is 10.1. The second kappa shape index (κ2) is 8.62. The van der Waals surface area contributed by atoms with Crippen molar-refractivity contribution in [3.8, 4) is 22.6 Å². The molecule has 1 aromatic carbocycles. The van der Waals surface area contributed by atoms with E-state index in [1.165, 1.54) is 0 Å². The number of nitrogens with zero attached hydrogens (tertiary/aromatic N) is 6. The SMILES string of the molecule is COCCN1CCN(c2c(-c3ccc(OC)c(OC)c3)cnc3ncnn23)CC1. The molecule has 3 heterocycles. The molecule has 0 amide bonds. The van der Waals surface area contributed by atoms with E-state index < -0.39 is 0 Å². The topological polar surface area (TPSA) is 77.2 Å². The maximum atomic E-state index is 5.50. The average Bonchev–Trinajstić information content (AvgIpc) is 3.26. The molecule has 9 heteroatoms. The van der Waals surface area contributed by atoms with Gasteiger partial charge in [-0.1, -0.05) is 6.07 Å². The average molecular weight is 398 g/mol. The van der Waals surface area contributed by atoms with Crippen LogP contribution in [0, 0.1) is 0 Å². The van der Waals surface area contributed by atoms with Crippen LogP contribution in [0.3, 0.4) is 0 Å². The number of hydrogen-bond donors (Lipinski definition) is 0. The lowest BCUT2D eigenvalue weighted by molar-refractivity contribution is 0.144. The highest BCUT2D eigenvalue weighted by molar-refractivity contribution is 5.78. The molecule has 2 aromatic heterocycles. The Balaban J connectivity index is 1.71. The van der Waals surface area contributed by atoms with Crippen molar-refractivity contribution in [2.45, 2.75) is 0 Å². The smallest absolute Gasteiger partial charge is 0.254 e. The number of hydrogen-bond acceptors (Lipinski definition) is 8. The van der Waals surface area contributed by atoms with Crippen molar-refractivity contribution in [1.29, 1.82) is 0 Å². The molecule has 3 aromatic rings. The van der Waals surface area contributed by atoms with E-state index in [2.05, 4.69) is 24.9 Å². The zero-order chi connectivity index (χ0) is 20.2. The third kappa shape index (κ3) is 3.83. The van der Waals surface area contributed by atoms with Gasteiger partial charge in [-0.3, -0.25) is 4.90 Å². The zero-order valence-electron chi connectivity index (χ0n) is 17.0. The first kappa shape index (κ1) is 19.4. The normalized spacial score (nSPS) is 15.1. The third-order valence-corrected chi connectivity index (χ3v) is 5.26. The van der Waals surface area contributed by atoms with Gasteiger partial charge in [0.2, 0.25) is 0 Å². The van der Waals surface area contributed by atoms with E-state index in [1.54, 1.807) is 27.7 Å². The molecular weight excluding hydrogens is 372 g/mol. The molecule has 154 valence electrons. The molecule has 0 atom stereocenters. The van der Waals surface area contributed by atoms with E-state index in [0.29, 0.717) is 17.3 Å². The van der Waals surface area contributed by atoms with Crippen LogP contribution in [0.25, 0.3) is 16.9 Å². The molecule has 29 heavy (non-hydrogen) atoms. The molecule has 0 radical (unpaired) electrons. The summed E-state index contributed by atoms with van der Waals surface area (Å²) in [7, 11) is 5.01. The molecule has 9 nitrogen and oxygen atoms in total. The lowest BCUT2D eigenvalue weighted by Crippen LogP contribution is -2.48. The van der Waals surface area contributed by atoms with E-state index >= 15 is 0 Å². The molecule has 0 spiro atoms. The molecule has 1 aliphatic rings. The number of anilines is 1. The second-order valence-corrected chi connectivity index (χ2v) is 6.86. The van der Waals surface area contributed by atoms with Crippen LogP contribution in [0.2, 0.25) is 0 Å². The Morgan fingerprint density at radius 2 is 1.76 bits per heavy atom. The predicted octanol–water partition coefficient (Wildman–Crippen LogP) is 1.58. The highest BCUT2D eigenvalue weighted by Crippen LogP contribution is 2.36. The highest BCUT2D eigenvalue weighted by Gasteiger charge is 2.23. The van der Waals surface area contributed by atoms with Gasteiger partial charge in [0.1, 0.15) is 12.1 Å². The van der Waals surface area contributed by atoms with Crippen molar-refractivity contribution in [1.82, 2.24) is 24.5 Å². The first-order valence-electron chi connectivity index (χ1n) is 9.62. The number of rotatable bonds is 7. The van der Waals surface area contributed by atoms with Crippen molar-refractivity contribution in [2.75, 3.05) is 65.6 Å². The molecular formula is C20H26N6O3. The van der Waals surface area contributed by atoms with E-state index in [4.69, 9.17) is 14.2 Å². The van der Waals surface area contributed by atoms with Gasteiger partial charge >= 0.3 is 0 Å². The van der Waals surface area contributed by atoms with Crippen molar-refractivity contribution >= 4 is 11.6 Å². The lowest BCUT2D eigenvalue weighted by Gasteiger charge is -2.36. The quantitative estimate of drug-likeness (QED) is 0.594. The molecule has 0 bridgehead atoms. The van der Waals surface area contributed by atoms with E-state index in [0.717, 1.165) is 56.3 Å². The largest absolute Gasteiger partial charge is 0.493 e. The fourth-order valence-corrected chi connectivity index (χ4v) is 3.68. The third-order valence-electron chi connectivity index (χ3n) is 5.26. The molecule has 1 saturated heterocycles. The standard InChI is InChI=1S/C20H26N6O3/c1-27-11-10-24-6-8-25(9-7-24)19-16(13-21-20-22-14-23-26(19)20)15-4-5-17(28-2)18(12-15)29-3/h4-5,12-14H,6-11H2,1-3H3. The fourth-order valence-electron chi connectivity index (χ4n) is 3.68. The Morgan fingerprint density at radius 1 is 0.966 bits per heavy atom. The van der Waals surface area contributed by atoms with Crippen LogP contribution in [0.15, 0.2) is 30.7 Å². The molecule has 4 rings (SSSR count). The van der Waals surface area contributed by atoms with Gasteiger partial charge in [-0.05, 0) is 17.7 Å². The minimum atomic E-state index is 0.589. The molecule has 1 aliphatic heterocycles. The summed E-state index contributed by atoms with van der Waals surface area (Å²) in [6.07, 6.45) is 3.40. The summed E-state index contributed by atoms with van der Waals surface area (Å²) in [6.45, 7) is 5.41. The second-order valence-electron chi connectivity index (χ2n) is 6.86. The van der Waals surface area contributed by atoms with Crippen LogP contribution in [0.5, 0.6) is 11.5 Å². The van der Waals surface area contributed by atoms with E-state index in [9.17, 15) is 0 Å². The predicted molar refractivity (Wildman–Crippen MR) is 110 cm³/mol. The van der Waals surface area contributed by atoms with Gasteiger partial charge in [0.05, 0.1) is 20.8 Å². The summed E-state index contributed by atoms with van der Waals surface area (Å²) in [6, 6.07) is 5.89.